The van der Waals surface area contributed by atoms with Crippen LogP contribution in [0.3, 0.4) is 0 Å². The van der Waals surface area contributed by atoms with Crippen LogP contribution in [0.2, 0.25) is 0 Å². The van der Waals surface area contributed by atoms with Gasteiger partial charge in [-0.3, -0.25) is 0 Å². The van der Waals surface area contributed by atoms with Crippen molar-refractivity contribution >= 4 is 11.3 Å². The van der Waals surface area contributed by atoms with Crippen molar-refractivity contribution in [1.82, 2.24) is 5.32 Å². The highest BCUT2D eigenvalue weighted by atomic mass is 32.1. The lowest BCUT2D eigenvalue weighted by Crippen LogP contribution is -2.33. The molecule has 0 spiro atoms. The number of unbranched alkanes of at least 4 members (excludes halogenated alkanes) is 1. The Morgan fingerprint density at radius 3 is 3.07 bits per heavy atom. The molecule has 1 atom stereocenters. The van der Waals surface area contributed by atoms with Gasteiger partial charge in [0, 0.05) is 24.0 Å². The lowest BCUT2D eigenvalue weighted by atomic mass is 10.1. The fourth-order valence-electron chi connectivity index (χ4n) is 1.36. The van der Waals surface area contributed by atoms with Gasteiger partial charge in [-0.05, 0) is 17.9 Å². The minimum absolute atomic E-state index is 0.315. The second-order valence-electron chi connectivity index (χ2n) is 3.61. The Bertz CT molecular complexity index is 221. The summed E-state index contributed by atoms with van der Waals surface area (Å²) in [6.07, 6.45) is 3.61. The number of nitrogens with one attached hydrogen (secondary N) is 1. The van der Waals surface area contributed by atoms with E-state index in [0.29, 0.717) is 6.04 Å². The van der Waals surface area contributed by atoms with Crippen molar-refractivity contribution < 1.29 is 0 Å². The van der Waals surface area contributed by atoms with Gasteiger partial charge < -0.3 is 11.1 Å². The molecule has 80 valence electrons. The molecule has 0 saturated heterocycles. The van der Waals surface area contributed by atoms with Crippen LogP contribution in [0.25, 0.3) is 0 Å². The van der Waals surface area contributed by atoms with Crippen LogP contribution >= 0.6 is 11.3 Å². The molecule has 0 fully saturated rings. The van der Waals surface area contributed by atoms with E-state index in [1.165, 1.54) is 17.7 Å². The van der Waals surface area contributed by atoms with E-state index in [1.807, 2.05) is 0 Å². The summed E-state index contributed by atoms with van der Waals surface area (Å²) >= 11 is 1.79. The van der Waals surface area contributed by atoms with Gasteiger partial charge >= 0.3 is 0 Å². The van der Waals surface area contributed by atoms with Gasteiger partial charge in [-0.15, -0.1) is 11.3 Å². The number of hydrogen-bond acceptors (Lipinski definition) is 3. The Hall–Kier alpha value is -0.380. The van der Waals surface area contributed by atoms with E-state index in [1.54, 1.807) is 11.3 Å². The van der Waals surface area contributed by atoms with Gasteiger partial charge in [0.15, 0.2) is 0 Å². The fourth-order valence-corrected chi connectivity index (χ4v) is 2.04. The van der Waals surface area contributed by atoms with Crippen LogP contribution in [-0.2, 0) is 6.54 Å². The van der Waals surface area contributed by atoms with Gasteiger partial charge in [-0.1, -0.05) is 25.8 Å². The minimum Gasteiger partial charge on any atom is -0.327 e. The number of thiophene rings is 1. The van der Waals surface area contributed by atoms with Gasteiger partial charge in [0.1, 0.15) is 0 Å². The average Bonchev–Trinajstić information content (AvgIpc) is 2.67. The molecule has 1 heterocycles. The van der Waals surface area contributed by atoms with Crippen molar-refractivity contribution in [1.29, 1.82) is 0 Å². The van der Waals surface area contributed by atoms with Crippen LogP contribution < -0.4 is 11.1 Å². The normalized spacial score (nSPS) is 13.0. The average molecular weight is 212 g/mol. The van der Waals surface area contributed by atoms with Crippen molar-refractivity contribution in [2.75, 3.05) is 6.54 Å². The lowest BCUT2D eigenvalue weighted by molar-refractivity contribution is 0.526. The molecule has 1 aromatic rings. The van der Waals surface area contributed by atoms with Crippen molar-refractivity contribution in [3.8, 4) is 0 Å². The monoisotopic (exact) mass is 212 g/mol. The summed E-state index contributed by atoms with van der Waals surface area (Å²) < 4.78 is 0. The maximum absolute atomic E-state index is 5.94. The van der Waals surface area contributed by atoms with Gasteiger partial charge in [-0.2, -0.15) is 0 Å². The minimum atomic E-state index is 0.315. The molecule has 2 nitrogen and oxygen atoms in total. The molecular formula is C11H20N2S. The summed E-state index contributed by atoms with van der Waals surface area (Å²) in [4.78, 5) is 1.38. The first kappa shape index (κ1) is 11.7. The maximum Gasteiger partial charge on any atom is 0.0300 e. The zero-order chi connectivity index (χ0) is 10.2. The van der Waals surface area contributed by atoms with Crippen molar-refractivity contribution in [2.45, 2.75) is 38.8 Å². The van der Waals surface area contributed by atoms with Gasteiger partial charge in [0.05, 0.1) is 0 Å². The molecule has 0 bridgehead atoms. The molecule has 3 N–H and O–H groups in total. The van der Waals surface area contributed by atoms with E-state index in [0.717, 1.165) is 19.5 Å². The topological polar surface area (TPSA) is 38.0 Å². The smallest absolute Gasteiger partial charge is 0.0300 e. The number of hydrogen-bond donors (Lipinski definition) is 2. The Morgan fingerprint density at radius 1 is 1.57 bits per heavy atom. The van der Waals surface area contributed by atoms with Crippen LogP contribution in [0.4, 0.5) is 0 Å². The lowest BCUT2D eigenvalue weighted by Gasteiger charge is -2.11. The van der Waals surface area contributed by atoms with Crippen LogP contribution in [0.15, 0.2) is 17.5 Å². The third-order valence-electron chi connectivity index (χ3n) is 2.21. The summed E-state index contributed by atoms with van der Waals surface area (Å²) in [5.41, 5.74) is 5.94. The van der Waals surface area contributed by atoms with E-state index < -0.39 is 0 Å². The molecule has 0 aliphatic rings. The summed E-state index contributed by atoms with van der Waals surface area (Å²) in [6.45, 7) is 4.08. The Balaban J connectivity index is 2.03. The summed E-state index contributed by atoms with van der Waals surface area (Å²) in [6, 6.07) is 4.54. The molecule has 1 aromatic heterocycles. The summed E-state index contributed by atoms with van der Waals surface area (Å²) in [5.74, 6) is 0. The molecule has 0 amide bonds. The second kappa shape index (κ2) is 6.98. The molecule has 3 heteroatoms. The van der Waals surface area contributed by atoms with Crippen molar-refractivity contribution in [3.05, 3.63) is 22.4 Å². The van der Waals surface area contributed by atoms with Gasteiger partial charge in [-0.25, -0.2) is 0 Å². The molecule has 0 radical (unpaired) electrons. The first-order valence-electron chi connectivity index (χ1n) is 5.31. The maximum atomic E-state index is 5.94. The van der Waals surface area contributed by atoms with Gasteiger partial charge in [0.2, 0.25) is 0 Å². The van der Waals surface area contributed by atoms with Crippen molar-refractivity contribution in [3.63, 3.8) is 0 Å². The highest BCUT2D eigenvalue weighted by Gasteiger charge is 2.00. The first-order chi connectivity index (χ1) is 6.83. The van der Waals surface area contributed by atoms with E-state index in [2.05, 4.69) is 29.8 Å². The van der Waals surface area contributed by atoms with E-state index in [-0.39, 0.29) is 0 Å². The summed E-state index contributed by atoms with van der Waals surface area (Å²) in [7, 11) is 0. The van der Waals surface area contributed by atoms with Crippen LogP contribution in [0.5, 0.6) is 0 Å². The predicted molar refractivity (Wildman–Crippen MR) is 63.5 cm³/mol. The van der Waals surface area contributed by atoms with Crippen molar-refractivity contribution in [2.24, 2.45) is 5.73 Å². The van der Waals surface area contributed by atoms with E-state index >= 15 is 0 Å². The molecule has 0 aliphatic carbocycles. The zero-order valence-corrected chi connectivity index (χ0v) is 9.65. The molecule has 0 saturated carbocycles. The number of rotatable bonds is 7. The van der Waals surface area contributed by atoms with Gasteiger partial charge in [0.25, 0.3) is 0 Å². The molecule has 0 aromatic carbocycles. The van der Waals surface area contributed by atoms with E-state index in [4.69, 9.17) is 5.73 Å². The molecule has 1 unspecified atom stereocenters. The fraction of sp³-hybridized carbons (Fsp3) is 0.636. The quantitative estimate of drug-likeness (QED) is 0.728. The standard InChI is InChI=1S/C11H20N2S/c1-2-3-5-10(12)8-13-9-11-6-4-7-14-11/h4,6-7,10,13H,2-3,5,8-9,12H2,1H3. The van der Waals surface area contributed by atoms with Crippen LogP contribution in [-0.4, -0.2) is 12.6 Å². The SMILES string of the molecule is CCCCC(N)CNCc1cccs1. The summed E-state index contributed by atoms with van der Waals surface area (Å²) in [5, 5.41) is 5.49. The zero-order valence-electron chi connectivity index (χ0n) is 8.83. The third-order valence-corrected chi connectivity index (χ3v) is 3.09. The Labute approximate surface area is 90.5 Å². The highest BCUT2D eigenvalue weighted by molar-refractivity contribution is 7.09. The predicted octanol–water partition coefficient (Wildman–Crippen LogP) is 2.36. The third kappa shape index (κ3) is 4.74. The highest BCUT2D eigenvalue weighted by Crippen LogP contribution is 2.07. The largest absolute Gasteiger partial charge is 0.327 e. The Morgan fingerprint density at radius 2 is 2.43 bits per heavy atom. The van der Waals surface area contributed by atoms with Crippen LogP contribution in [0, 0.1) is 0 Å². The molecule has 14 heavy (non-hydrogen) atoms. The molecule has 0 aliphatic heterocycles. The van der Waals surface area contributed by atoms with Crippen LogP contribution in [0.1, 0.15) is 31.1 Å². The first-order valence-corrected chi connectivity index (χ1v) is 6.19. The Kier molecular flexibility index (Phi) is 5.83. The second-order valence-corrected chi connectivity index (χ2v) is 4.64. The number of nitrogens with two attached hydrogens (primary N) is 1. The molecule has 1 rings (SSSR count). The van der Waals surface area contributed by atoms with E-state index in [9.17, 15) is 0 Å². The molecular weight excluding hydrogens is 192 g/mol.